The topological polar surface area (TPSA) is 35.2 Å². The van der Waals surface area contributed by atoms with Crippen molar-refractivity contribution in [2.24, 2.45) is 5.73 Å². The zero-order valence-electron chi connectivity index (χ0n) is 10.3. The number of rotatable bonds is 4. The Labute approximate surface area is 112 Å². The molecule has 0 radical (unpaired) electrons. The normalized spacial score (nSPS) is 10.4. The van der Waals surface area contributed by atoms with Gasteiger partial charge in [-0.3, -0.25) is 0 Å². The van der Waals surface area contributed by atoms with Crippen molar-refractivity contribution in [3.8, 4) is 11.5 Å². The van der Waals surface area contributed by atoms with Gasteiger partial charge < -0.3 is 10.5 Å². The smallest absolute Gasteiger partial charge is 0.146 e. The summed E-state index contributed by atoms with van der Waals surface area (Å²) in [6.07, 6.45) is 0.846. The van der Waals surface area contributed by atoms with Gasteiger partial charge in [0.2, 0.25) is 0 Å². The summed E-state index contributed by atoms with van der Waals surface area (Å²) in [6.45, 7) is 2.65. The molecule has 2 rings (SSSR count). The van der Waals surface area contributed by atoms with Crippen LogP contribution in [0.1, 0.15) is 11.1 Å². The second-order valence-corrected chi connectivity index (χ2v) is 4.58. The van der Waals surface area contributed by atoms with Gasteiger partial charge >= 0.3 is 0 Å². The Morgan fingerprint density at radius 2 is 1.89 bits per heavy atom. The Kier molecular flexibility index (Phi) is 4.24. The summed E-state index contributed by atoms with van der Waals surface area (Å²) in [5.74, 6) is 1.50. The molecule has 0 bridgehead atoms. The van der Waals surface area contributed by atoms with E-state index in [1.165, 1.54) is 5.56 Å². The highest BCUT2D eigenvalue weighted by atomic mass is 35.5. The Balaban J connectivity index is 2.28. The van der Waals surface area contributed by atoms with Crippen LogP contribution in [-0.2, 0) is 6.42 Å². The average Bonchev–Trinajstić information content (AvgIpc) is 2.36. The van der Waals surface area contributed by atoms with E-state index in [0.29, 0.717) is 17.3 Å². The first kappa shape index (κ1) is 12.9. The molecule has 0 atom stereocenters. The van der Waals surface area contributed by atoms with Crippen molar-refractivity contribution in [3.63, 3.8) is 0 Å². The van der Waals surface area contributed by atoms with Gasteiger partial charge in [-0.05, 0) is 49.2 Å². The van der Waals surface area contributed by atoms with Gasteiger partial charge in [-0.2, -0.15) is 0 Å². The quantitative estimate of drug-likeness (QED) is 0.905. The molecular formula is C15H16ClNO. The second kappa shape index (κ2) is 5.89. The van der Waals surface area contributed by atoms with Crippen LogP contribution in [0.15, 0.2) is 42.5 Å². The molecule has 0 aliphatic rings. The van der Waals surface area contributed by atoms with Gasteiger partial charge in [0.15, 0.2) is 0 Å². The third kappa shape index (κ3) is 3.03. The monoisotopic (exact) mass is 261 g/mol. The Morgan fingerprint density at radius 3 is 2.61 bits per heavy atom. The van der Waals surface area contributed by atoms with Gasteiger partial charge in [-0.25, -0.2) is 0 Å². The second-order valence-electron chi connectivity index (χ2n) is 4.17. The third-order valence-electron chi connectivity index (χ3n) is 2.74. The molecule has 0 aromatic heterocycles. The predicted molar refractivity (Wildman–Crippen MR) is 75.5 cm³/mol. The molecule has 0 amide bonds. The highest BCUT2D eigenvalue weighted by molar-refractivity contribution is 6.32. The number of hydrogen-bond acceptors (Lipinski definition) is 2. The summed E-state index contributed by atoms with van der Waals surface area (Å²) in [6, 6.07) is 13.6. The largest absolute Gasteiger partial charge is 0.456 e. The summed E-state index contributed by atoms with van der Waals surface area (Å²) in [4.78, 5) is 0. The predicted octanol–water partition coefficient (Wildman–Crippen LogP) is 3.94. The van der Waals surface area contributed by atoms with Crippen molar-refractivity contribution in [3.05, 3.63) is 58.6 Å². The van der Waals surface area contributed by atoms with Gasteiger partial charge in [0.25, 0.3) is 0 Å². The average molecular weight is 262 g/mol. The number of halogens is 1. The fourth-order valence-electron chi connectivity index (χ4n) is 1.72. The van der Waals surface area contributed by atoms with E-state index < -0.39 is 0 Å². The van der Waals surface area contributed by atoms with Crippen LogP contribution in [0.5, 0.6) is 11.5 Å². The van der Waals surface area contributed by atoms with Crippen LogP contribution in [0.4, 0.5) is 0 Å². The number of benzene rings is 2. The molecular weight excluding hydrogens is 246 g/mol. The highest BCUT2D eigenvalue weighted by Gasteiger charge is 2.05. The zero-order valence-corrected chi connectivity index (χ0v) is 11.1. The van der Waals surface area contributed by atoms with Crippen molar-refractivity contribution >= 4 is 11.6 Å². The van der Waals surface area contributed by atoms with Gasteiger partial charge in [-0.1, -0.05) is 35.9 Å². The molecule has 94 valence electrons. The minimum atomic E-state index is 0.612. The number of para-hydroxylation sites is 1. The van der Waals surface area contributed by atoms with Crippen LogP contribution in [-0.4, -0.2) is 6.54 Å². The van der Waals surface area contributed by atoms with Crippen LogP contribution in [0.2, 0.25) is 5.02 Å². The number of ether oxygens (including phenoxy) is 1. The summed E-state index contributed by atoms with van der Waals surface area (Å²) >= 11 is 6.08. The molecule has 0 saturated heterocycles. The standard InChI is InChI=1S/C15H16ClNO/c1-11-6-7-12(8-9-17)10-15(11)18-14-5-3-2-4-13(14)16/h2-7,10H,8-9,17H2,1H3. The lowest BCUT2D eigenvalue weighted by atomic mass is 10.1. The van der Waals surface area contributed by atoms with E-state index in [1.54, 1.807) is 0 Å². The summed E-state index contributed by atoms with van der Waals surface area (Å²) in [7, 11) is 0. The van der Waals surface area contributed by atoms with E-state index in [0.717, 1.165) is 17.7 Å². The first-order valence-corrected chi connectivity index (χ1v) is 6.30. The minimum absolute atomic E-state index is 0.612. The van der Waals surface area contributed by atoms with Gasteiger partial charge in [0, 0.05) is 0 Å². The molecule has 0 aliphatic carbocycles. The van der Waals surface area contributed by atoms with E-state index in [1.807, 2.05) is 43.3 Å². The highest BCUT2D eigenvalue weighted by Crippen LogP contribution is 2.31. The molecule has 2 aromatic carbocycles. The number of nitrogens with two attached hydrogens (primary N) is 1. The molecule has 0 fully saturated rings. The van der Waals surface area contributed by atoms with Crippen LogP contribution >= 0.6 is 11.6 Å². The maximum absolute atomic E-state index is 6.08. The van der Waals surface area contributed by atoms with Gasteiger partial charge in [-0.15, -0.1) is 0 Å². The number of aryl methyl sites for hydroxylation is 1. The molecule has 0 spiro atoms. The molecule has 2 aromatic rings. The first-order valence-electron chi connectivity index (χ1n) is 5.92. The van der Waals surface area contributed by atoms with Crippen molar-refractivity contribution in [1.29, 1.82) is 0 Å². The molecule has 0 saturated carbocycles. The van der Waals surface area contributed by atoms with Crippen molar-refractivity contribution in [2.75, 3.05) is 6.54 Å². The molecule has 0 unspecified atom stereocenters. The van der Waals surface area contributed by atoms with E-state index in [9.17, 15) is 0 Å². The molecule has 3 heteroatoms. The van der Waals surface area contributed by atoms with E-state index in [2.05, 4.69) is 6.07 Å². The van der Waals surface area contributed by atoms with Crippen LogP contribution in [0.25, 0.3) is 0 Å². The Bertz CT molecular complexity index is 540. The summed E-state index contributed by atoms with van der Waals surface area (Å²) in [5, 5.41) is 0.612. The van der Waals surface area contributed by atoms with Gasteiger partial charge in [0.1, 0.15) is 11.5 Å². The zero-order chi connectivity index (χ0) is 13.0. The lowest BCUT2D eigenvalue weighted by Gasteiger charge is -2.11. The van der Waals surface area contributed by atoms with E-state index in [4.69, 9.17) is 22.1 Å². The Morgan fingerprint density at radius 1 is 1.11 bits per heavy atom. The van der Waals surface area contributed by atoms with Crippen molar-refractivity contribution in [2.45, 2.75) is 13.3 Å². The summed E-state index contributed by atoms with van der Waals surface area (Å²) < 4.78 is 5.85. The van der Waals surface area contributed by atoms with Crippen LogP contribution in [0.3, 0.4) is 0 Å². The molecule has 18 heavy (non-hydrogen) atoms. The van der Waals surface area contributed by atoms with Crippen LogP contribution < -0.4 is 10.5 Å². The van der Waals surface area contributed by atoms with E-state index in [-0.39, 0.29) is 0 Å². The lowest BCUT2D eigenvalue weighted by molar-refractivity contribution is 0.478. The third-order valence-corrected chi connectivity index (χ3v) is 3.05. The minimum Gasteiger partial charge on any atom is -0.456 e. The molecule has 0 aliphatic heterocycles. The van der Waals surface area contributed by atoms with E-state index >= 15 is 0 Å². The maximum Gasteiger partial charge on any atom is 0.146 e. The van der Waals surface area contributed by atoms with Gasteiger partial charge in [0.05, 0.1) is 5.02 Å². The van der Waals surface area contributed by atoms with Crippen molar-refractivity contribution in [1.82, 2.24) is 0 Å². The molecule has 2 nitrogen and oxygen atoms in total. The number of hydrogen-bond donors (Lipinski definition) is 1. The Hall–Kier alpha value is -1.51. The SMILES string of the molecule is Cc1ccc(CCN)cc1Oc1ccccc1Cl. The van der Waals surface area contributed by atoms with Crippen LogP contribution in [0, 0.1) is 6.92 Å². The summed E-state index contributed by atoms with van der Waals surface area (Å²) in [5.41, 5.74) is 7.81. The van der Waals surface area contributed by atoms with Crippen molar-refractivity contribution < 1.29 is 4.74 Å². The maximum atomic E-state index is 6.08. The molecule has 2 N–H and O–H groups in total. The lowest BCUT2D eigenvalue weighted by Crippen LogP contribution is -2.03. The molecule has 0 heterocycles. The fraction of sp³-hybridized carbons (Fsp3) is 0.200. The fourth-order valence-corrected chi connectivity index (χ4v) is 1.90. The first-order chi connectivity index (χ1) is 8.70.